The van der Waals surface area contributed by atoms with Crippen molar-refractivity contribution in [3.8, 4) is 0 Å². The van der Waals surface area contributed by atoms with Gasteiger partial charge in [0.25, 0.3) is 0 Å². The molecule has 2 amide bonds. The summed E-state index contributed by atoms with van der Waals surface area (Å²) in [6.07, 6.45) is -1.52. The zero-order valence-electron chi connectivity index (χ0n) is 13.4. The fourth-order valence-corrected chi connectivity index (χ4v) is 2.84. The van der Waals surface area contributed by atoms with Crippen molar-refractivity contribution in [2.24, 2.45) is 5.11 Å². The molecule has 0 spiro atoms. The minimum absolute atomic E-state index is 0.0173. The van der Waals surface area contributed by atoms with E-state index in [1.165, 1.54) is 0 Å². The summed E-state index contributed by atoms with van der Waals surface area (Å²) in [7, 11) is 0. The molecule has 0 saturated carbocycles. The largest absolute Gasteiger partial charge is 0.444 e. The van der Waals surface area contributed by atoms with Gasteiger partial charge in [0.2, 0.25) is 5.91 Å². The van der Waals surface area contributed by atoms with Crippen LogP contribution in [0.5, 0.6) is 0 Å². The number of halogens is 2. The third-order valence-corrected chi connectivity index (χ3v) is 4.04. The summed E-state index contributed by atoms with van der Waals surface area (Å²) < 4.78 is 33.9. The number of amides is 2. The number of cyclic esters (lactones) is 1. The highest BCUT2D eigenvalue weighted by Gasteiger charge is 2.35. The summed E-state index contributed by atoms with van der Waals surface area (Å²) in [5.41, 5.74) is 7.82. The minimum Gasteiger partial charge on any atom is -0.444 e. The van der Waals surface area contributed by atoms with E-state index in [1.54, 1.807) is 0 Å². The predicted octanol–water partition coefficient (Wildman–Crippen LogP) is 1.16. The van der Waals surface area contributed by atoms with E-state index in [9.17, 15) is 18.4 Å². The molecule has 138 valence electrons. The average Bonchev–Trinajstić information content (AvgIpc) is 3.14. The lowest BCUT2D eigenvalue weighted by Gasteiger charge is -2.21. The summed E-state index contributed by atoms with van der Waals surface area (Å²) in [5, 5.41) is 12.4. The lowest BCUT2D eigenvalue weighted by Crippen LogP contribution is -2.29. The van der Waals surface area contributed by atoms with Crippen LogP contribution in [0.4, 0.5) is 25.0 Å². The highest BCUT2D eigenvalue weighted by molar-refractivity contribution is 5.90. The lowest BCUT2D eigenvalue weighted by molar-refractivity contribution is -0.129. The number of rotatable bonds is 5. The predicted molar refractivity (Wildman–Crippen MR) is 84.1 cm³/mol. The topological polar surface area (TPSA) is 122 Å². The molecule has 0 bridgehead atoms. The van der Waals surface area contributed by atoms with Gasteiger partial charge in [0.05, 0.1) is 32.0 Å². The summed E-state index contributed by atoms with van der Waals surface area (Å²) in [4.78, 5) is 29.3. The van der Waals surface area contributed by atoms with Crippen LogP contribution in [-0.2, 0) is 9.53 Å². The highest BCUT2D eigenvalue weighted by atomic mass is 19.1. The third-order valence-electron chi connectivity index (χ3n) is 4.04. The smallest absolute Gasteiger partial charge is 0.414 e. The Morgan fingerprint density at radius 3 is 2.62 bits per heavy atom. The van der Waals surface area contributed by atoms with E-state index >= 15 is 0 Å². The highest BCUT2D eigenvalue weighted by Crippen LogP contribution is 2.32. The van der Waals surface area contributed by atoms with Gasteiger partial charge < -0.3 is 19.6 Å². The first-order valence-electron chi connectivity index (χ1n) is 7.56. The van der Waals surface area contributed by atoms with Crippen LogP contribution in [0.15, 0.2) is 17.2 Å². The first-order chi connectivity index (χ1) is 12.4. The molecule has 12 heteroatoms. The third kappa shape index (κ3) is 3.19. The molecular weight excluding hydrogens is 354 g/mol. The molecular formula is C14H14F2N6O4. The van der Waals surface area contributed by atoms with Gasteiger partial charge in [-0.3, -0.25) is 9.69 Å². The van der Waals surface area contributed by atoms with Gasteiger partial charge in [-0.2, -0.15) is 0 Å². The van der Waals surface area contributed by atoms with Crippen molar-refractivity contribution in [1.29, 1.82) is 0 Å². The molecule has 1 atom stereocenters. The zero-order valence-corrected chi connectivity index (χ0v) is 13.4. The Morgan fingerprint density at radius 2 is 2.04 bits per heavy atom. The van der Waals surface area contributed by atoms with Crippen molar-refractivity contribution >= 4 is 23.4 Å². The number of hydrogen-bond donors (Lipinski definition) is 1. The number of carbonyl (C=O) groups is 2. The Balaban J connectivity index is 1.83. The van der Waals surface area contributed by atoms with Gasteiger partial charge in [-0.05, 0) is 5.53 Å². The lowest BCUT2D eigenvalue weighted by atomic mass is 10.2. The zero-order chi connectivity index (χ0) is 18.8. The van der Waals surface area contributed by atoms with Crippen molar-refractivity contribution < 1.29 is 28.2 Å². The number of nitrogens with zero attached hydrogens (tertiary/aromatic N) is 6. The minimum atomic E-state index is -0.959. The summed E-state index contributed by atoms with van der Waals surface area (Å²) in [6.45, 7) is -1.08. The van der Waals surface area contributed by atoms with Gasteiger partial charge in [0.1, 0.15) is 18.5 Å². The number of anilines is 2. The monoisotopic (exact) mass is 368 g/mol. The molecule has 1 aromatic carbocycles. The molecule has 1 aromatic rings. The summed E-state index contributed by atoms with van der Waals surface area (Å²) in [5.74, 6) is -2.38. The Bertz CT molecular complexity index is 777. The number of benzene rings is 1. The number of aliphatic hydroxyl groups is 1. The van der Waals surface area contributed by atoms with Gasteiger partial charge in [0.15, 0.2) is 11.6 Å². The van der Waals surface area contributed by atoms with Crippen LogP contribution < -0.4 is 9.80 Å². The molecule has 2 saturated heterocycles. The molecule has 3 rings (SSSR count). The van der Waals surface area contributed by atoms with Crippen LogP contribution in [-0.4, -0.2) is 61.1 Å². The van der Waals surface area contributed by atoms with Crippen LogP contribution in [0, 0.1) is 11.6 Å². The van der Waals surface area contributed by atoms with Gasteiger partial charge in [-0.25, -0.2) is 13.6 Å². The Kier molecular flexibility index (Phi) is 4.78. The number of hydrogen-bond acceptors (Lipinski definition) is 6. The molecule has 0 aliphatic carbocycles. The number of aliphatic hydroxyl groups excluding tert-OH is 1. The van der Waals surface area contributed by atoms with Crippen molar-refractivity contribution in [2.45, 2.75) is 6.10 Å². The maximum absolute atomic E-state index is 14.5. The SMILES string of the molecule is [N-]=[N+]=NC[C@H]1CN(c2cc(F)c(N3CC(=O)N(CO)C3)c(F)c2)C(=O)O1. The van der Waals surface area contributed by atoms with E-state index in [1.807, 2.05) is 0 Å². The van der Waals surface area contributed by atoms with Gasteiger partial charge in [-0.15, -0.1) is 0 Å². The molecule has 26 heavy (non-hydrogen) atoms. The quantitative estimate of drug-likeness (QED) is 0.475. The Hall–Kier alpha value is -3.11. The van der Waals surface area contributed by atoms with Crippen LogP contribution in [0.25, 0.3) is 10.4 Å². The maximum Gasteiger partial charge on any atom is 0.414 e. The van der Waals surface area contributed by atoms with E-state index in [4.69, 9.17) is 15.4 Å². The molecule has 2 fully saturated rings. The Labute approximate surface area is 145 Å². The van der Waals surface area contributed by atoms with Crippen LogP contribution in [0.3, 0.4) is 0 Å². The fourth-order valence-electron chi connectivity index (χ4n) is 2.84. The van der Waals surface area contributed by atoms with E-state index in [2.05, 4.69) is 10.0 Å². The van der Waals surface area contributed by atoms with Gasteiger partial charge in [0, 0.05) is 17.0 Å². The number of azide groups is 1. The van der Waals surface area contributed by atoms with Crippen molar-refractivity contribution in [3.63, 3.8) is 0 Å². The standard InChI is InChI=1S/C14H14F2N6O4/c15-10-1-8(22-4-9(3-18-19-17)26-14(22)25)2-11(16)13(10)20-5-12(24)21(6-20)7-23/h1-2,9,23H,3-7H2/t9-/m0/s1. The van der Waals surface area contributed by atoms with Crippen molar-refractivity contribution in [1.82, 2.24) is 4.90 Å². The van der Waals surface area contributed by atoms with Gasteiger partial charge in [-0.1, -0.05) is 5.11 Å². The Morgan fingerprint density at radius 1 is 1.35 bits per heavy atom. The number of ether oxygens (including phenoxy) is 1. The van der Waals surface area contributed by atoms with Crippen molar-refractivity contribution in [2.75, 3.05) is 42.8 Å². The molecule has 10 nitrogen and oxygen atoms in total. The normalized spacial score (nSPS) is 19.8. The molecule has 1 N–H and O–H groups in total. The average molecular weight is 368 g/mol. The second-order valence-electron chi connectivity index (χ2n) is 5.70. The molecule has 2 aliphatic rings. The summed E-state index contributed by atoms with van der Waals surface area (Å²) >= 11 is 0. The second kappa shape index (κ2) is 7.02. The van der Waals surface area contributed by atoms with E-state index < -0.39 is 42.2 Å². The van der Waals surface area contributed by atoms with Gasteiger partial charge >= 0.3 is 6.09 Å². The first kappa shape index (κ1) is 17.7. The maximum atomic E-state index is 14.5. The molecule has 0 unspecified atom stereocenters. The van der Waals surface area contributed by atoms with Crippen LogP contribution in [0.1, 0.15) is 0 Å². The number of carbonyl (C=O) groups excluding carboxylic acids is 2. The molecule has 2 heterocycles. The van der Waals surface area contributed by atoms with E-state index in [-0.39, 0.29) is 32.0 Å². The fraction of sp³-hybridized carbons (Fsp3) is 0.429. The van der Waals surface area contributed by atoms with Crippen LogP contribution in [0.2, 0.25) is 0 Å². The second-order valence-corrected chi connectivity index (χ2v) is 5.70. The first-order valence-corrected chi connectivity index (χ1v) is 7.56. The van der Waals surface area contributed by atoms with Crippen LogP contribution >= 0.6 is 0 Å². The van der Waals surface area contributed by atoms with E-state index in [0.29, 0.717) is 0 Å². The van der Waals surface area contributed by atoms with E-state index in [0.717, 1.165) is 26.8 Å². The molecule has 0 aromatic heterocycles. The molecule has 0 radical (unpaired) electrons. The van der Waals surface area contributed by atoms with Crippen molar-refractivity contribution in [3.05, 3.63) is 34.2 Å². The summed E-state index contributed by atoms with van der Waals surface area (Å²) in [6, 6.07) is 1.92. The molecule has 2 aliphatic heterocycles.